The van der Waals surface area contributed by atoms with Gasteiger partial charge in [-0.05, 0) is 85.4 Å². The molecule has 2 aromatic carbocycles. The molecule has 2 aromatic heterocycles. The third kappa shape index (κ3) is 5.27. The van der Waals surface area contributed by atoms with Crippen molar-refractivity contribution in [1.29, 1.82) is 0 Å². The molecule has 0 atom stereocenters. The van der Waals surface area contributed by atoms with Crippen molar-refractivity contribution in [2.75, 3.05) is 5.32 Å². The minimum absolute atomic E-state index is 0.235. The number of amides is 1. The van der Waals surface area contributed by atoms with Gasteiger partial charge in [0.2, 0.25) is 0 Å². The van der Waals surface area contributed by atoms with Crippen molar-refractivity contribution >= 4 is 23.2 Å². The van der Waals surface area contributed by atoms with Crippen LogP contribution in [-0.4, -0.2) is 26.4 Å². The molecule has 1 aliphatic rings. The molecule has 0 unspecified atom stereocenters. The van der Waals surface area contributed by atoms with Gasteiger partial charge in [0.15, 0.2) is 0 Å². The number of hydrogen-bond acceptors (Lipinski definition) is 3. The Balaban J connectivity index is 1.27. The van der Waals surface area contributed by atoms with Crippen LogP contribution in [0.5, 0.6) is 0 Å². The van der Waals surface area contributed by atoms with Crippen molar-refractivity contribution in [1.82, 2.24) is 9.38 Å². The fraction of sp³-hybridized carbons (Fsp3) is 0.276. The first-order chi connectivity index (χ1) is 16.9. The van der Waals surface area contributed by atoms with Gasteiger partial charge in [-0.3, -0.25) is 9.59 Å². The molecule has 2 N–H and O–H groups in total. The van der Waals surface area contributed by atoms with Crippen LogP contribution in [0.15, 0.2) is 73.1 Å². The molecule has 1 aliphatic carbocycles. The van der Waals surface area contributed by atoms with Crippen molar-refractivity contribution in [3.8, 4) is 11.1 Å². The summed E-state index contributed by atoms with van der Waals surface area (Å²) in [5.41, 5.74) is 6.45. The van der Waals surface area contributed by atoms with Gasteiger partial charge < -0.3 is 14.8 Å². The number of hydrogen-bond donors (Lipinski definition) is 2. The molecule has 178 valence electrons. The van der Waals surface area contributed by atoms with E-state index in [0.29, 0.717) is 17.5 Å². The number of aliphatic carboxylic acids is 1. The monoisotopic (exact) mass is 467 g/mol. The van der Waals surface area contributed by atoms with Gasteiger partial charge in [-0.2, -0.15) is 0 Å². The van der Waals surface area contributed by atoms with E-state index in [1.807, 2.05) is 53.9 Å². The van der Waals surface area contributed by atoms with E-state index in [1.165, 1.54) is 5.56 Å². The summed E-state index contributed by atoms with van der Waals surface area (Å²) in [6, 6.07) is 20.3. The van der Waals surface area contributed by atoms with Crippen LogP contribution < -0.4 is 5.32 Å². The number of rotatable bonds is 6. The van der Waals surface area contributed by atoms with Crippen LogP contribution >= 0.6 is 0 Å². The smallest absolute Gasteiger partial charge is 0.303 e. The molecule has 1 amide bonds. The van der Waals surface area contributed by atoms with E-state index in [9.17, 15) is 9.59 Å². The molecule has 0 aliphatic heterocycles. The number of anilines is 1. The van der Waals surface area contributed by atoms with Gasteiger partial charge in [0.1, 0.15) is 11.3 Å². The first-order valence-electron chi connectivity index (χ1n) is 12.1. The summed E-state index contributed by atoms with van der Waals surface area (Å²) in [7, 11) is 0. The maximum absolute atomic E-state index is 12.7. The minimum atomic E-state index is -0.688. The molecule has 0 radical (unpaired) electrons. The van der Waals surface area contributed by atoms with Crippen molar-refractivity contribution in [2.45, 2.75) is 44.9 Å². The Morgan fingerprint density at radius 1 is 0.914 bits per heavy atom. The van der Waals surface area contributed by atoms with Crippen LogP contribution in [-0.2, 0) is 4.79 Å². The number of benzene rings is 2. The fourth-order valence-corrected chi connectivity index (χ4v) is 5.00. The maximum Gasteiger partial charge on any atom is 0.303 e. The lowest BCUT2D eigenvalue weighted by molar-refractivity contribution is -0.138. The van der Waals surface area contributed by atoms with E-state index in [-0.39, 0.29) is 12.3 Å². The zero-order valence-electron chi connectivity index (χ0n) is 19.8. The van der Waals surface area contributed by atoms with E-state index in [1.54, 1.807) is 6.20 Å². The molecule has 5 rings (SSSR count). The van der Waals surface area contributed by atoms with Crippen molar-refractivity contribution in [3.05, 3.63) is 89.9 Å². The Kier molecular flexibility index (Phi) is 6.36. The summed E-state index contributed by atoms with van der Waals surface area (Å²) in [5.74, 6) is -0.109. The molecule has 0 bridgehead atoms. The standard InChI is InChI=1S/C29H29N3O3/c1-19-2-13-25(14-3-19)30-29(35)26-18-32-17-24(12-15-27(32)31-26)23-10-8-22(9-11-23)21-6-4-20(5-7-21)16-28(33)34/h2-3,8-15,17-18,20-21H,4-7,16H2,1H3,(H,30,35)(H,33,34). The summed E-state index contributed by atoms with van der Waals surface area (Å²) in [4.78, 5) is 28.1. The summed E-state index contributed by atoms with van der Waals surface area (Å²) in [5, 5.41) is 11.9. The number of carboxylic acids is 1. The molecule has 4 aromatic rings. The van der Waals surface area contributed by atoms with Gasteiger partial charge >= 0.3 is 5.97 Å². The highest BCUT2D eigenvalue weighted by Gasteiger charge is 2.24. The second kappa shape index (κ2) is 9.74. The molecule has 1 saturated carbocycles. The normalized spacial score (nSPS) is 17.9. The molecule has 6 nitrogen and oxygen atoms in total. The third-order valence-electron chi connectivity index (χ3n) is 7.02. The van der Waals surface area contributed by atoms with Gasteiger partial charge in [0.05, 0.1) is 0 Å². The van der Waals surface area contributed by atoms with Crippen LogP contribution in [0.25, 0.3) is 16.8 Å². The number of carbonyl (C=O) groups is 2. The molecule has 1 fully saturated rings. The van der Waals surface area contributed by atoms with Gasteiger partial charge in [-0.25, -0.2) is 4.98 Å². The number of imidazole rings is 1. The van der Waals surface area contributed by atoms with Crippen LogP contribution in [0.2, 0.25) is 0 Å². The lowest BCUT2D eigenvalue weighted by atomic mass is 9.77. The summed E-state index contributed by atoms with van der Waals surface area (Å²) in [6.07, 6.45) is 8.10. The summed E-state index contributed by atoms with van der Waals surface area (Å²) < 4.78 is 1.89. The Labute approximate surface area is 204 Å². The Bertz CT molecular complexity index is 1350. The minimum Gasteiger partial charge on any atom is -0.481 e. The van der Waals surface area contributed by atoms with Crippen molar-refractivity contribution < 1.29 is 14.7 Å². The molecular weight excluding hydrogens is 438 g/mol. The highest BCUT2D eigenvalue weighted by molar-refractivity contribution is 6.03. The quantitative estimate of drug-likeness (QED) is 0.348. The lowest BCUT2D eigenvalue weighted by Gasteiger charge is -2.28. The van der Waals surface area contributed by atoms with Crippen LogP contribution in [0, 0.1) is 12.8 Å². The van der Waals surface area contributed by atoms with Gasteiger partial charge in [-0.1, -0.05) is 42.0 Å². The average Bonchev–Trinajstić information content (AvgIpc) is 3.29. The molecule has 0 saturated heterocycles. The number of carbonyl (C=O) groups excluding carboxylic acids is 1. The zero-order chi connectivity index (χ0) is 24.4. The van der Waals surface area contributed by atoms with E-state index in [0.717, 1.165) is 53.7 Å². The number of aryl methyl sites for hydroxylation is 1. The Hall–Kier alpha value is -3.93. The maximum atomic E-state index is 12.7. The van der Waals surface area contributed by atoms with E-state index in [4.69, 9.17) is 5.11 Å². The van der Waals surface area contributed by atoms with Crippen molar-refractivity contribution in [2.24, 2.45) is 5.92 Å². The highest BCUT2D eigenvalue weighted by atomic mass is 16.4. The first-order valence-corrected chi connectivity index (χ1v) is 12.1. The first kappa shape index (κ1) is 22.8. The van der Waals surface area contributed by atoms with Crippen LogP contribution in [0.1, 0.15) is 59.6 Å². The van der Waals surface area contributed by atoms with Gasteiger partial charge in [-0.15, -0.1) is 0 Å². The second-order valence-corrected chi connectivity index (χ2v) is 9.57. The number of nitrogens with one attached hydrogen (secondary N) is 1. The molecule has 6 heteroatoms. The molecule has 35 heavy (non-hydrogen) atoms. The van der Waals surface area contributed by atoms with Crippen LogP contribution in [0.3, 0.4) is 0 Å². The van der Waals surface area contributed by atoms with Gasteiger partial charge in [0, 0.05) is 24.5 Å². The largest absolute Gasteiger partial charge is 0.481 e. The Morgan fingerprint density at radius 2 is 1.60 bits per heavy atom. The number of carboxylic acid groups (broad SMARTS) is 1. The number of aromatic nitrogens is 2. The second-order valence-electron chi connectivity index (χ2n) is 9.57. The molecular formula is C29H29N3O3. The summed E-state index contributed by atoms with van der Waals surface area (Å²) >= 11 is 0. The van der Waals surface area contributed by atoms with Crippen LogP contribution in [0.4, 0.5) is 5.69 Å². The highest BCUT2D eigenvalue weighted by Crippen LogP contribution is 2.37. The number of nitrogens with zero attached hydrogens (tertiary/aromatic N) is 2. The SMILES string of the molecule is Cc1ccc(NC(=O)c2cn3cc(-c4ccc(C5CCC(CC(=O)O)CC5)cc4)ccc3n2)cc1. The summed E-state index contributed by atoms with van der Waals surface area (Å²) in [6.45, 7) is 2.01. The topological polar surface area (TPSA) is 83.7 Å². The van der Waals surface area contributed by atoms with E-state index < -0.39 is 5.97 Å². The predicted molar refractivity (Wildman–Crippen MR) is 137 cm³/mol. The Morgan fingerprint density at radius 3 is 2.29 bits per heavy atom. The number of fused-ring (bicyclic) bond motifs is 1. The van der Waals surface area contributed by atoms with E-state index >= 15 is 0 Å². The van der Waals surface area contributed by atoms with Crippen molar-refractivity contribution in [3.63, 3.8) is 0 Å². The molecule has 2 heterocycles. The van der Waals surface area contributed by atoms with E-state index in [2.05, 4.69) is 34.6 Å². The zero-order valence-corrected chi connectivity index (χ0v) is 19.8. The fourth-order valence-electron chi connectivity index (χ4n) is 5.00. The molecule has 0 spiro atoms. The average molecular weight is 468 g/mol. The number of pyridine rings is 1. The van der Waals surface area contributed by atoms with Gasteiger partial charge in [0.25, 0.3) is 5.91 Å². The third-order valence-corrected chi connectivity index (χ3v) is 7.02. The lowest BCUT2D eigenvalue weighted by Crippen LogP contribution is -2.16. The predicted octanol–water partition coefficient (Wildman–Crippen LogP) is 6.31.